The van der Waals surface area contributed by atoms with Gasteiger partial charge in [0.2, 0.25) is 0 Å². The lowest BCUT2D eigenvalue weighted by Gasteiger charge is -2.25. The topological polar surface area (TPSA) is 97.4 Å². The van der Waals surface area contributed by atoms with E-state index in [0.717, 1.165) is 12.7 Å². The number of ether oxygens (including phenoxy) is 5. The second kappa shape index (κ2) is 11.0. The van der Waals surface area contributed by atoms with Crippen LogP contribution >= 0.6 is 0 Å². The van der Waals surface area contributed by atoms with Gasteiger partial charge in [0.1, 0.15) is 17.5 Å². The standard InChI is InChI=1S/C16H28O8/c1-6-9-20-11-15(2,3)23-13(18)22-14(19)24-16(4,5)12-21-10-7-8-17/h8H,6-7,9-12H2,1-5H3. The van der Waals surface area contributed by atoms with Gasteiger partial charge in [0, 0.05) is 13.0 Å². The Morgan fingerprint density at radius 2 is 1.33 bits per heavy atom. The summed E-state index contributed by atoms with van der Waals surface area (Å²) in [6.07, 6.45) is -0.528. The number of hydrogen-bond donors (Lipinski definition) is 0. The normalized spacial score (nSPS) is 11.7. The van der Waals surface area contributed by atoms with Crippen molar-refractivity contribution in [1.29, 1.82) is 0 Å². The van der Waals surface area contributed by atoms with Crippen molar-refractivity contribution in [1.82, 2.24) is 0 Å². The Labute approximate surface area is 142 Å². The molecule has 0 fully saturated rings. The van der Waals surface area contributed by atoms with Gasteiger partial charge in [-0.1, -0.05) is 6.92 Å². The summed E-state index contributed by atoms with van der Waals surface area (Å²) in [6.45, 7) is 9.42. The third kappa shape index (κ3) is 11.8. The van der Waals surface area contributed by atoms with Crippen LogP contribution in [0.1, 0.15) is 47.5 Å². The molecular weight excluding hydrogens is 320 g/mol. The average Bonchev–Trinajstić information content (AvgIpc) is 2.42. The number of hydrogen-bond acceptors (Lipinski definition) is 8. The third-order valence-corrected chi connectivity index (χ3v) is 2.51. The molecule has 0 heterocycles. The fourth-order valence-corrected chi connectivity index (χ4v) is 1.53. The lowest BCUT2D eigenvalue weighted by Crippen LogP contribution is -2.37. The van der Waals surface area contributed by atoms with Crippen LogP contribution in [0.15, 0.2) is 0 Å². The summed E-state index contributed by atoms with van der Waals surface area (Å²) >= 11 is 0. The van der Waals surface area contributed by atoms with Crippen LogP contribution in [0.5, 0.6) is 0 Å². The third-order valence-electron chi connectivity index (χ3n) is 2.51. The molecule has 0 aliphatic carbocycles. The van der Waals surface area contributed by atoms with Crippen LogP contribution in [0.3, 0.4) is 0 Å². The molecule has 0 saturated heterocycles. The maximum atomic E-state index is 11.6. The van der Waals surface area contributed by atoms with Gasteiger partial charge >= 0.3 is 12.3 Å². The van der Waals surface area contributed by atoms with Crippen molar-refractivity contribution in [3.63, 3.8) is 0 Å². The first-order valence-corrected chi connectivity index (χ1v) is 7.85. The molecule has 0 radical (unpaired) electrons. The van der Waals surface area contributed by atoms with E-state index >= 15 is 0 Å². The van der Waals surface area contributed by atoms with Crippen molar-refractivity contribution in [2.24, 2.45) is 0 Å². The minimum atomic E-state index is -1.19. The van der Waals surface area contributed by atoms with Crippen molar-refractivity contribution in [3.8, 4) is 0 Å². The fraction of sp³-hybridized carbons (Fsp3) is 0.812. The first kappa shape index (κ1) is 22.3. The van der Waals surface area contributed by atoms with Gasteiger partial charge in [-0.05, 0) is 34.1 Å². The molecule has 0 spiro atoms. The Hall–Kier alpha value is -1.67. The zero-order valence-electron chi connectivity index (χ0n) is 15.1. The number of aldehydes is 1. The van der Waals surface area contributed by atoms with Gasteiger partial charge in [-0.3, -0.25) is 0 Å². The number of carbonyl (C=O) groups excluding carboxylic acids is 3. The molecule has 0 aliphatic heterocycles. The van der Waals surface area contributed by atoms with Crippen LogP contribution in [0.2, 0.25) is 0 Å². The summed E-state index contributed by atoms with van der Waals surface area (Å²) in [5, 5.41) is 0. The second-order valence-electron chi connectivity index (χ2n) is 6.39. The SMILES string of the molecule is CCCOCC(C)(C)OC(=O)OC(=O)OC(C)(C)COCCC=O. The smallest absolute Gasteiger partial charge is 0.425 e. The molecule has 0 rings (SSSR count). The number of carbonyl (C=O) groups is 3. The van der Waals surface area contributed by atoms with Crippen LogP contribution in [0.4, 0.5) is 9.59 Å². The molecule has 0 aliphatic rings. The van der Waals surface area contributed by atoms with Crippen LogP contribution < -0.4 is 0 Å². The van der Waals surface area contributed by atoms with Gasteiger partial charge in [0.05, 0.1) is 19.8 Å². The van der Waals surface area contributed by atoms with Crippen LogP contribution in [0.25, 0.3) is 0 Å². The Morgan fingerprint density at radius 3 is 1.75 bits per heavy atom. The Bertz CT molecular complexity index is 403. The quantitative estimate of drug-likeness (QED) is 0.243. The number of rotatable bonds is 11. The fourth-order valence-electron chi connectivity index (χ4n) is 1.53. The molecule has 0 amide bonds. The summed E-state index contributed by atoms with van der Waals surface area (Å²) in [7, 11) is 0. The highest BCUT2D eigenvalue weighted by molar-refractivity contribution is 5.77. The average molecular weight is 348 g/mol. The summed E-state index contributed by atoms with van der Waals surface area (Å²) in [5.74, 6) is 0. The van der Waals surface area contributed by atoms with E-state index < -0.39 is 23.5 Å². The van der Waals surface area contributed by atoms with E-state index in [-0.39, 0.29) is 26.2 Å². The van der Waals surface area contributed by atoms with Gasteiger partial charge in [0.25, 0.3) is 0 Å². The van der Waals surface area contributed by atoms with Crippen LogP contribution in [-0.2, 0) is 28.5 Å². The molecule has 0 aromatic rings. The van der Waals surface area contributed by atoms with Gasteiger partial charge in [-0.2, -0.15) is 0 Å². The maximum absolute atomic E-state index is 11.6. The van der Waals surface area contributed by atoms with Crippen molar-refractivity contribution in [2.75, 3.05) is 26.4 Å². The minimum Gasteiger partial charge on any atom is -0.425 e. The first-order valence-electron chi connectivity index (χ1n) is 7.85. The van der Waals surface area contributed by atoms with Crippen LogP contribution in [0, 0.1) is 0 Å². The van der Waals surface area contributed by atoms with E-state index in [9.17, 15) is 14.4 Å². The Morgan fingerprint density at radius 1 is 0.875 bits per heavy atom. The molecule has 24 heavy (non-hydrogen) atoms. The predicted molar refractivity (Wildman–Crippen MR) is 84.8 cm³/mol. The molecule has 0 bridgehead atoms. The van der Waals surface area contributed by atoms with Crippen molar-refractivity contribution in [2.45, 2.75) is 58.7 Å². The lowest BCUT2D eigenvalue weighted by atomic mass is 10.1. The summed E-state index contributed by atoms with van der Waals surface area (Å²) < 4.78 is 25.0. The zero-order chi connectivity index (χ0) is 18.6. The largest absolute Gasteiger partial charge is 0.519 e. The lowest BCUT2D eigenvalue weighted by molar-refractivity contribution is -0.110. The highest BCUT2D eigenvalue weighted by Crippen LogP contribution is 2.14. The predicted octanol–water partition coefficient (Wildman–Crippen LogP) is 2.87. The Kier molecular flexibility index (Phi) is 10.2. The molecule has 0 saturated carbocycles. The van der Waals surface area contributed by atoms with Gasteiger partial charge < -0.3 is 28.5 Å². The molecule has 0 unspecified atom stereocenters. The first-order chi connectivity index (χ1) is 11.1. The van der Waals surface area contributed by atoms with Gasteiger partial charge in [0.15, 0.2) is 0 Å². The summed E-state index contributed by atoms with van der Waals surface area (Å²) in [4.78, 5) is 33.4. The monoisotopic (exact) mass is 348 g/mol. The summed E-state index contributed by atoms with van der Waals surface area (Å²) in [6, 6.07) is 0. The zero-order valence-corrected chi connectivity index (χ0v) is 15.1. The van der Waals surface area contributed by atoms with Crippen molar-refractivity contribution < 1.29 is 38.1 Å². The molecule has 0 aromatic carbocycles. The van der Waals surface area contributed by atoms with Gasteiger partial charge in [-0.15, -0.1) is 0 Å². The summed E-state index contributed by atoms with van der Waals surface area (Å²) in [5.41, 5.74) is -1.94. The van der Waals surface area contributed by atoms with Crippen molar-refractivity contribution >= 4 is 18.6 Å². The van der Waals surface area contributed by atoms with Crippen LogP contribution in [-0.4, -0.2) is 56.2 Å². The molecule has 0 atom stereocenters. The molecular formula is C16H28O8. The van der Waals surface area contributed by atoms with E-state index in [1.54, 1.807) is 27.7 Å². The molecule has 8 nitrogen and oxygen atoms in total. The van der Waals surface area contributed by atoms with Gasteiger partial charge in [-0.25, -0.2) is 9.59 Å². The Balaban J connectivity index is 4.20. The molecule has 0 aromatic heterocycles. The molecule has 0 N–H and O–H groups in total. The van der Waals surface area contributed by atoms with E-state index in [1.165, 1.54) is 0 Å². The van der Waals surface area contributed by atoms with Crippen molar-refractivity contribution in [3.05, 3.63) is 0 Å². The maximum Gasteiger partial charge on any atom is 0.519 e. The highest BCUT2D eigenvalue weighted by Gasteiger charge is 2.29. The van der Waals surface area contributed by atoms with E-state index in [4.69, 9.17) is 18.9 Å². The highest BCUT2D eigenvalue weighted by atomic mass is 16.8. The van der Waals surface area contributed by atoms with E-state index in [0.29, 0.717) is 6.61 Å². The van der Waals surface area contributed by atoms with E-state index in [1.807, 2.05) is 6.92 Å². The van der Waals surface area contributed by atoms with E-state index in [2.05, 4.69) is 4.74 Å². The molecule has 140 valence electrons. The minimum absolute atomic E-state index is 0.0569. The second-order valence-corrected chi connectivity index (χ2v) is 6.39. The molecule has 8 heteroatoms.